The molecular weight excluding hydrogens is 405 g/mol. The number of halogens is 1. The van der Waals surface area contributed by atoms with E-state index < -0.39 is 15.8 Å². The molecule has 8 heteroatoms. The van der Waals surface area contributed by atoms with Crippen molar-refractivity contribution in [3.05, 3.63) is 65.5 Å². The molecule has 1 aliphatic heterocycles. The third-order valence-corrected chi connectivity index (χ3v) is 7.33. The van der Waals surface area contributed by atoms with Crippen LogP contribution in [0.25, 0.3) is 0 Å². The zero-order valence-corrected chi connectivity index (χ0v) is 18.2. The summed E-state index contributed by atoms with van der Waals surface area (Å²) in [5.41, 5.74) is 2.31. The van der Waals surface area contributed by atoms with Crippen molar-refractivity contribution in [2.45, 2.75) is 31.2 Å². The number of aryl methyl sites for hydroxylation is 1. The van der Waals surface area contributed by atoms with E-state index in [1.165, 1.54) is 22.0 Å². The highest BCUT2D eigenvalue weighted by atomic mass is 32.2. The lowest BCUT2D eigenvalue weighted by Crippen LogP contribution is -2.51. The van der Waals surface area contributed by atoms with E-state index in [1.807, 2.05) is 24.0 Å². The number of rotatable bonds is 7. The van der Waals surface area contributed by atoms with Crippen LogP contribution in [0.2, 0.25) is 0 Å². The van der Waals surface area contributed by atoms with Gasteiger partial charge in [-0.2, -0.15) is 4.31 Å². The maximum atomic E-state index is 13.1. The highest BCUT2D eigenvalue weighted by molar-refractivity contribution is 7.89. The Morgan fingerprint density at radius 2 is 1.63 bits per heavy atom. The van der Waals surface area contributed by atoms with Gasteiger partial charge in [0, 0.05) is 26.2 Å². The monoisotopic (exact) mass is 433 g/mol. The number of piperazine rings is 1. The van der Waals surface area contributed by atoms with Gasteiger partial charge in [-0.25, -0.2) is 12.8 Å². The van der Waals surface area contributed by atoms with E-state index in [2.05, 4.69) is 24.4 Å². The maximum Gasteiger partial charge on any atom is 0.243 e. The fourth-order valence-electron chi connectivity index (χ4n) is 3.50. The van der Waals surface area contributed by atoms with Crippen LogP contribution in [0.3, 0.4) is 0 Å². The van der Waals surface area contributed by atoms with Gasteiger partial charge in [-0.1, -0.05) is 31.2 Å². The van der Waals surface area contributed by atoms with Crippen LogP contribution >= 0.6 is 0 Å². The van der Waals surface area contributed by atoms with Gasteiger partial charge in [-0.3, -0.25) is 9.69 Å². The second-order valence-electron chi connectivity index (χ2n) is 7.52. The van der Waals surface area contributed by atoms with Crippen molar-refractivity contribution < 1.29 is 17.6 Å². The fourth-order valence-corrected chi connectivity index (χ4v) is 4.92. The summed E-state index contributed by atoms with van der Waals surface area (Å²) < 4.78 is 39.8. The average Bonchev–Trinajstić information content (AvgIpc) is 2.74. The molecule has 1 heterocycles. The van der Waals surface area contributed by atoms with Gasteiger partial charge in [0.25, 0.3) is 0 Å². The molecule has 0 saturated carbocycles. The van der Waals surface area contributed by atoms with Crippen LogP contribution in [0, 0.1) is 5.82 Å². The summed E-state index contributed by atoms with van der Waals surface area (Å²) in [6.45, 7) is 5.79. The normalized spacial score (nSPS) is 16.9. The van der Waals surface area contributed by atoms with E-state index in [0.717, 1.165) is 24.1 Å². The molecule has 0 radical (unpaired) electrons. The van der Waals surface area contributed by atoms with Gasteiger partial charge in [0.1, 0.15) is 5.82 Å². The highest BCUT2D eigenvalue weighted by Crippen LogP contribution is 2.18. The number of benzene rings is 2. The smallest absolute Gasteiger partial charge is 0.243 e. The molecule has 0 spiro atoms. The summed E-state index contributed by atoms with van der Waals surface area (Å²) in [6, 6.07) is 12.9. The number of hydrogen-bond acceptors (Lipinski definition) is 4. The molecule has 162 valence electrons. The zero-order valence-electron chi connectivity index (χ0n) is 17.3. The first-order valence-corrected chi connectivity index (χ1v) is 11.6. The van der Waals surface area contributed by atoms with Gasteiger partial charge in [0.05, 0.1) is 17.5 Å². The van der Waals surface area contributed by atoms with Crippen molar-refractivity contribution in [3.63, 3.8) is 0 Å². The van der Waals surface area contributed by atoms with Crippen molar-refractivity contribution in [2.24, 2.45) is 0 Å². The maximum absolute atomic E-state index is 13.1. The molecule has 1 aliphatic rings. The molecule has 6 nitrogen and oxygen atoms in total. The molecule has 0 aliphatic carbocycles. The predicted octanol–water partition coefficient (Wildman–Crippen LogP) is 2.57. The van der Waals surface area contributed by atoms with Crippen molar-refractivity contribution in [3.8, 4) is 0 Å². The lowest BCUT2D eigenvalue weighted by atomic mass is 10.1. The third-order valence-electron chi connectivity index (χ3n) is 5.42. The van der Waals surface area contributed by atoms with Gasteiger partial charge in [-0.15, -0.1) is 0 Å². The third kappa shape index (κ3) is 5.44. The second-order valence-corrected chi connectivity index (χ2v) is 9.46. The summed E-state index contributed by atoms with van der Waals surface area (Å²) in [7, 11) is -3.65. The lowest BCUT2D eigenvalue weighted by Gasteiger charge is -2.33. The van der Waals surface area contributed by atoms with E-state index in [1.54, 1.807) is 0 Å². The molecule has 1 N–H and O–H groups in total. The number of amides is 1. The molecule has 1 fully saturated rings. The van der Waals surface area contributed by atoms with E-state index in [0.29, 0.717) is 26.2 Å². The summed E-state index contributed by atoms with van der Waals surface area (Å²) in [5, 5.41) is 3.01. The van der Waals surface area contributed by atoms with Crippen LogP contribution in [-0.4, -0.2) is 56.3 Å². The van der Waals surface area contributed by atoms with Gasteiger partial charge in [0.2, 0.25) is 15.9 Å². The molecule has 2 aromatic rings. The Bertz CT molecular complexity index is 954. The highest BCUT2D eigenvalue weighted by Gasteiger charge is 2.29. The molecule has 0 bridgehead atoms. The Morgan fingerprint density at radius 3 is 2.20 bits per heavy atom. The van der Waals surface area contributed by atoms with Gasteiger partial charge < -0.3 is 5.32 Å². The number of carbonyl (C=O) groups is 1. The first kappa shape index (κ1) is 22.4. The van der Waals surface area contributed by atoms with Crippen LogP contribution in [-0.2, 0) is 21.2 Å². The first-order valence-electron chi connectivity index (χ1n) is 10.2. The quantitative estimate of drug-likeness (QED) is 0.729. The Balaban J connectivity index is 1.50. The van der Waals surface area contributed by atoms with Crippen molar-refractivity contribution in [1.29, 1.82) is 0 Å². The molecule has 1 unspecified atom stereocenters. The Labute approximate surface area is 177 Å². The number of sulfonamides is 1. The standard InChI is InChI=1S/C22H28FN3O3S/c1-3-18-4-6-19(7-5-18)17(2)24-22(27)16-25-12-14-26(15-13-25)30(28,29)21-10-8-20(23)9-11-21/h4-11,17H,3,12-16H2,1-2H3,(H,24,27). The molecular formula is C22H28FN3O3S. The molecule has 1 amide bonds. The summed E-state index contributed by atoms with van der Waals surface area (Å²) in [4.78, 5) is 14.5. The summed E-state index contributed by atoms with van der Waals surface area (Å²) >= 11 is 0. The lowest BCUT2D eigenvalue weighted by molar-refractivity contribution is -0.123. The summed E-state index contributed by atoms with van der Waals surface area (Å²) in [6.07, 6.45) is 0.976. The Morgan fingerprint density at radius 1 is 1.03 bits per heavy atom. The van der Waals surface area contributed by atoms with E-state index >= 15 is 0 Å². The van der Waals surface area contributed by atoms with Crippen LogP contribution < -0.4 is 5.32 Å². The Kier molecular flexibility index (Phi) is 7.23. The van der Waals surface area contributed by atoms with Gasteiger partial charge >= 0.3 is 0 Å². The molecule has 0 aromatic heterocycles. The molecule has 2 aromatic carbocycles. The number of carbonyl (C=O) groups excluding carboxylic acids is 1. The summed E-state index contributed by atoms with van der Waals surface area (Å²) in [5.74, 6) is -0.558. The SMILES string of the molecule is CCc1ccc(C(C)NC(=O)CN2CCN(S(=O)(=O)c3ccc(F)cc3)CC2)cc1. The zero-order chi connectivity index (χ0) is 21.7. The van der Waals surface area contributed by atoms with Crippen molar-refractivity contribution in [1.82, 2.24) is 14.5 Å². The topological polar surface area (TPSA) is 69.7 Å². The minimum Gasteiger partial charge on any atom is -0.348 e. The van der Waals surface area contributed by atoms with Gasteiger partial charge in [0.15, 0.2) is 0 Å². The number of nitrogens with one attached hydrogen (secondary N) is 1. The van der Waals surface area contributed by atoms with Crippen LogP contribution in [0.1, 0.15) is 31.0 Å². The molecule has 30 heavy (non-hydrogen) atoms. The Hall–Kier alpha value is -2.29. The van der Waals surface area contributed by atoms with E-state index in [4.69, 9.17) is 0 Å². The van der Waals surface area contributed by atoms with Crippen molar-refractivity contribution in [2.75, 3.05) is 32.7 Å². The minimum absolute atomic E-state index is 0.0815. The molecule has 1 saturated heterocycles. The minimum atomic E-state index is -3.65. The van der Waals surface area contributed by atoms with Crippen LogP contribution in [0.15, 0.2) is 53.4 Å². The van der Waals surface area contributed by atoms with Crippen LogP contribution in [0.4, 0.5) is 4.39 Å². The molecule has 3 rings (SSSR count). The largest absolute Gasteiger partial charge is 0.348 e. The fraction of sp³-hybridized carbons (Fsp3) is 0.409. The average molecular weight is 434 g/mol. The number of nitrogens with zero attached hydrogens (tertiary/aromatic N) is 2. The molecule has 1 atom stereocenters. The number of hydrogen-bond donors (Lipinski definition) is 1. The first-order chi connectivity index (χ1) is 14.3. The van der Waals surface area contributed by atoms with E-state index in [-0.39, 0.29) is 23.4 Å². The predicted molar refractivity (Wildman–Crippen MR) is 114 cm³/mol. The second kappa shape index (κ2) is 9.68. The van der Waals surface area contributed by atoms with Crippen molar-refractivity contribution >= 4 is 15.9 Å². The van der Waals surface area contributed by atoms with Crippen LogP contribution in [0.5, 0.6) is 0 Å². The van der Waals surface area contributed by atoms with Gasteiger partial charge in [-0.05, 0) is 48.7 Å². The van der Waals surface area contributed by atoms with E-state index in [9.17, 15) is 17.6 Å².